The smallest absolute Gasteiger partial charge is 0.208 e. The van der Waals surface area contributed by atoms with Gasteiger partial charge in [0.05, 0.1) is 15.3 Å². The Morgan fingerprint density at radius 2 is 1.67 bits per heavy atom. The summed E-state index contributed by atoms with van der Waals surface area (Å²) in [5.74, 6) is 0.694. The summed E-state index contributed by atoms with van der Waals surface area (Å²) in [6.45, 7) is 4.11. The van der Waals surface area contributed by atoms with Gasteiger partial charge in [-0.25, -0.2) is 8.42 Å². The SMILES string of the molecule is CC(Oc1ccc2ncc(S(=O)(=O)c3ccccc3)cc2c1)C(C)N(C)C. The van der Waals surface area contributed by atoms with Gasteiger partial charge in [-0.1, -0.05) is 18.2 Å². The third-order valence-electron chi connectivity index (χ3n) is 4.81. The van der Waals surface area contributed by atoms with E-state index in [4.69, 9.17) is 4.74 Å². The molecule has 0 spiro atoms. The average Bonchev–Trinajstić information content (AvgIpc) is 2.67. The highest BCUT2D eigenvalue weighted by Gasteiger charge is 2.19. The van der Waals surface area contributed by atoms with Crippen molar-refractivity contribution in [2.75, 3.05) is 14.1 Å². The normalized spacial score (nSPS) is 14.3. The standard InChI is InChI=1S/C21H24N2O3S/c1-15(23(3)4)16(2)26-18-10-11-21-17(12-18)13-20(14-22-21)27(24,25)19-8-6-5-7-9-19/h5-16H,1-4H3. The molecule has 3 rings (SSSR count). The van der Waals surface area contributed by atoms with Crippen LogP contribution in [0.3, 0.4) is 0 Å². The van der Waals surface area contributed by atoms with Gasteiger partial charge in [0.1, 0.15) is 11.9 Å². The quantitative estimate of drug-likeness (QED) is 0.647. The molecule has 0 saturated heterocycles. The lowest BCUT2D eigenvalue weighted by molar-refractivity contribution is 0.122. The van der Waals surface area contributed by atoms with Gasteiger partial charge in [0.2, 0.25) is 9.84 Å². The minimum Gasteiger partial charge on any atom is -0.489 e. The van der Waals surface area contributed by atoms with Gasteiger partial charge < -0.3 is 9.64 Å². The van der Waals surface area contributed by atoms with Crippen molar-refractivity contribution in [2.24, 2.45) is 0 Å². The van der Waals surface area contributed by atoms with Gasteiger partial charge in [0.15, 0.2) is 0 Å². The molecule has 6 heteroatoms. The number of pyridine rings is 1. The average molecular weight is 385 g/mol. The lowest BCUT2D eigenvalue weighted by atomic mass is 10.2. The minimum atomic E-state index is -3.60. The van der Waals surface area contributed by atoms with Gasteiger partial charge in [0.25, 0.3) is 0 Å². The summed E-state index contributed by atoms with van der Waals surface area (Å²) in [5, 5.41) is 0.731. The molecule has 2 unspecified atom stereocenters. The fourth-order valence-corrected chi connectivity index (χ4v) is 4.04. The van der Waals surface area contributed by atoms with Crippen LogP contribution in [0, 0.1) is 0 Å². The molecule has 0 N–H and O–H groups in total. The Balaban J connectivity index is 1.95. The minimum absolute atomic E-state index is 0.0124. The predicted molar refractivity (Wildman–Crippen MR) is 107 cm³/mol. The van der Waals surface area contributed by atoms with E-state index in [1.807, 2.05) is 39.2 Å². The molecule has 0 saturated carbocycles. The summed E-state index contributed by atoms with van der Waals surface area (Å²) in [5.41, 5.74) is 0.725. The molecule has 0 bridgehead atoms. The molecule has 5 nitrogen and oxygen atoms in total. The molecule has 3 aromatic rings. The van der Waals surface area contributed by atoms with Crippen molar-refractivity contribution < 1.29 is 13.2 Å². The van der Waals surface area contributed by atoms with E-state index in [1.165, 1.54) is 6.20 Å². The second-order valence-electron chi connectivity index (χ2n) is 6.87. The summed E-state index contributed by atoms with van der Waals surface area (Å²) < 4.78 is 31.7. The van der Waals surface area contributed by atoms with Crippen LogP contribution in [-0.2, 0) is 9.84 Å². The first-order chi connectivity index (χ1) is 12.8. The van der Waals surface area contributed by atoms with Gasteiger partial charge in [-0.3, -0.25) is 4.98 Å². The molecule has 0 fully saturated rings. The maximum Gasteiger partial charge on any atom is 0.208 e. The van der Waals surface area contributed by atoms with Crippen LogP contribution < -0.4 is 4.74 Å². The fourth-order valence-electron chi connectivity index (χ4n) is 2.78. The Bertz CT molecular complexity index is 1030. The van der Waals surface area contributed by atoms with E-state index < -0.39 is 9.84 Å². The predicted octanol–water partition coefficient (Wildman–Crippen LogP) is 3.79. The fraction of sp³-hybridized carbons (Fsp3) is 0.286. The number of hydrogen-bond acceptors (Lipinski definition) is 5. The number of rotatable bonds is 6. The van der Waals surface area contributed by atoms with Crippen molar-refractivity contribution in [3.63, 3.8) is 0 Å². The largest absolute Gasteiger partial charge is 0.489 e. The molecule has 0 radical (unpaired) electrons. The highest BCUT2D eigenvalue weighted by atomic mass is 32.2. The van der Waals surface area contributed by atoms with Crippen molar-refractivity contribution >= 4 is 20.7 Å². The van der Waals surface area contributed by atoms with Gasteiger partial charge in [-0.05, 0) is 64.3 Å². The van der Waals surface area contributed by atoms with Crippen molar-refractivity contribution in [1.29, 1.82) is 0 Å². The molecule has 1 aromatic heterocycles. The van der Waals surface area contributed by atoms with E-state index in [0.29, 0.717) is 5.75 Å². The Kier molecular flexibility index (Phi) is 5.48. The number of fused-ring (bicyclic) bond motifs is 1. The summed E-state index contributed by atoms with van der Waals surface area (Å²) in [7, 11) is 0.418. The molecule has 142 valence electrons. The van der Waals surface area contributed by atoms with Crippen LogP contribution in [-0.4, -0.2) is 44.5 Å². The molecular formula is C21H24N2O3S. The van der Waals surface area contributed by atoms with Crippen LogP contribution >= 0.6 is 0 Å². The second kappa shape index (κ2) is 7.66. The summed E-state index contributed by atoms with van der Waals surface area (Å²) in [4.78, 5) is 6.84. The lowest BCUT2D eigenvalue weighted by Crippen LogP contribution is -2.37. The molecular weight excluding hydrogens is 360 g/mol. The van der Waals surface area contributed by atoms with Crippen LogP contribution in [0.4, 0.5) is 0 Å². The van der Waals surface area contributed by atoms with Crippen molar-refractivity contribution in [3.8, 4) is 5.75 Å². The maximum absolute atomic E-state index is 12.8. The van der Waals surface area contributed by atoms with Gasteiger partial charge in [-0.15, -0.1) is 0 Å². The highest BCUT2D eigenvalue weighted by Crippen LogP contribution is 2.26. The molecule has 0 aliphatic rings. The lowest BCUT2D eigenvalue weighted by Gasteiger charge is -2.27. The number of likely N-dealkylation sites (N-methyl/N-ethyl adjacent to an activating group) is 1. The monoisotopic (exact) mass is 384 g/mol. The number of aromatic nitrogens is 1. The first kappa shape index (κ1) is 19.3. The third kappa shape index (κ3) is 4.12. The van der Waals surface area contributed by atoms with Crippen LogP contribution in [0.15, 0.2) is 70.6 Å². The molecule has 1 heterocycles. The van der Waals surface area contributed by atoms with Crippen molar-refractivity contribution in [1.82, 2.24) is 9.88 Å². The van der Waals surface area contributed by atoms with E-state index >= 15 is 0 Å². The zero-order chi connectivity index (χ0) is 19.6. The zero-order valence-corrected chi connectivity index (χ0v) is 16.8. The van der Waals surface area contributed by atoms with E-state index in [1.54, 1.807) is 36.4 Å². The van der Waals surface area contributed by atoms with E-state index in [-0.39, 0.29) is 21.9 Å². The van der Waals surface area contributed by atoms with Crippen LogP contribution in [0.25, 0.3) is 10.9 Å². The Morgan fingerprint density at radius 3 is 2.33 bits per heavy atom. The number of nitrogens with zero attached hydrogens (tertiary/aromatic N) is 2. The number of benzene rings is 2. The van der Waals surface area contributed by atoms with Gasteiger partial charge >= 0.3 is 0 Å². The van der Waals surface area contributed by atoms with Gasteiger partial charge in [0, 0.05) is 17.6 Å². The summed E-state index contributed by atoms with van der Waals surface area (Å²) in [6, 6.07) is 15.8. The molecule has 27 heavy (non-hydrogen) atoms. The van der Waals surface area contributed by atoms with E-state index in [9.17, 15) is 8.42 Å². The maximum atomic E-state index is 12.8. The Morgan fingerprint density at radius 1 is 0.963 bits per heavy atom. The third-order valence-corrected chi connectivity index (χ3v) is 6.54. The topological polar surface area (TPSA) is 59.5 Å². The molecule has 2 aromatic carbocycles. The number of ether oxygens (including phenoxy) is 1. The first-order valence-electron chi connectivity index (χ1n) is 8.82. The van der Waals surface area contributed by atoms with Crippen LogP contribution in [0.2, 0.25) is 0 Å². The van der Waals surface area contributed by atoms with Gasteiger partial charge in [-0.2, -0.15) is 0 Å². The molecule has 0 aliphatic carbocycles. The summed E-state index contributed by atoms with van der Waals surface area (Å²) in [6.07, 6.45) is 1.39. The van der Waals surface area contributed by atoms with Crippen LogP contribution in [0.1, 0.15) is 13.8 Å². The highest BCUT2D eigenvalue weighted by molar-refractivity contribution is 7.91. The number of hydrogen-bond donors (Lipinski definition) is 0. The zero-order valence-electron chi connectivity index (χ0n) is 16.0. The Hall–Kier alpha value is -2.44. The Labute approximate surface area is 160 Å². The van der Waals surface area contributed by atoms with E-state index in [0.717, 1.165) is 10.9 Å². The molecule has 0 aliphatic heterocycles. The summed E-state index contributed by atoms with van der Waals surface area (Å²) >= 11 is 0. The second-order valence-corrected chi connectivity index (χ2v) is 8.82. The molecule has 2 atom stereocenters. The number of sulfone groups is 1. The molecule has 0 amide bonds. The van der Waals surface area contributed by atoms with Crippen LogP contribution in [0.5, 0.6) is 5.75 Å². The van der Waals surface area contributed by atoms with E-state index in [2.05, 4.69) is 16.8 Å². The van der Waals surface area contributed by atoms with Crippen molar-refractivity contribution in [3.05, 3.63) is 60.8 Å². The first-order valence-corrected chi connectivity index (χ1v) is 10.3. The van der Waals surface area contributed by atoms with Crippen molar-refractivity contribution in [2.45, 2.75) is 35.8 Å².